The van der Waals surface area contributed by atoms with Crippen molar-refractivity contribution in [3.63, 3.8) is 0 Å². The van der Waals surface area contributed by atoms with Gasteiger partial charge in [0.2, 0.25) is 0 Å². The first-order chi connectivity index (χ1) is 8.20. The van der Waals surface area contributed by atoms with Crippen LogP contribution in [0, 0.1) is 0 Å². The second kappa shape index (κ2) is 5.36. The largest absolute Gasteiger partial charge is 0.456 e. The highest BCUT2D eigenvalue weighted by molar-refractivity contribution is 5.91. The third kappa shape index (κ3) is 2.88. The maximum Gasteiger partial charge on any atom is 0.287 e. The second-order valence-electron chi connectivity index (χ2n) is 4.58. The van der Waals surface area contributed by atoms with Gasteiger partial charge in [0.25, 0.3) is 5.91 Å². The first-order valence-electron chi connectivity index (χ1n) is 6.33. The predicted molar refractivity (Wildman–Crippen MR) is 66.0 cm³/mol. The smallest absolute Gasteiger partial charge is 0.287 e. The third-order valence-corrected chi connectivity index (χ3v) is 3.31. The normalized spacial score (nSPS) is 24.6. The van der Waals surface area contributed by atoms with Crippen LogP contribution in [-0.2, 0) is 6.42 Å². The fourth-order valence-electron chi connectivity index (χ4n) is 2.17. The molecule has 0 bridgehead atoms. The molecule has 2 N–H and O–H groups in total. The van der Waals surface area contributed by atoms with E-state index < -0.39 is 0 Å². The molecule has 0 aliphatic carbocycles. The van der Waals surface area contributed by atoms with E-state index in [1.54, 1.807) is 6.07 Å². The van der Waals surface area contributed by atoms with Crippen LogP contribution in [0.1, 0.15) is 43.0 Å². The molecule has 1 aromatic heterocycles. The van der Waals surface area contributed by atoms with E-state index in [0.29, 0.717) is 11.8 Å². The molecule has 2 atom stereocenters. The lowest BCUT2D eigenvalue weighted by molar-refractivity contribution is 0.0890. The highest BCUT2D eigenvalue weighted by Gasteiger charge is 2.23. The summed E-state index contributed by atoms with van der Waals surface area (Å²) in [4.78, 5) is 12.0. The maximum absolute atomic E-state index is 12.0. The van der Waals surface area contributed by atoms with E-state index in [1.807, 2.05) is 13.0 Å². The summed E-state index contributed by atoms with van der Waals surface area (Å²) in [5.74, 6) is 1.16. The molecule has 1 saturated heterocycles. The standard InChI is InChI=1S/C13H20N2O2/c1-3-10-6-7-12(17-10)13(16)15-11-5-4-8-14-9(11)2/h6-7,9,11,14H,3-5,8H2,1-2H3,(H,15,16). The number of hydrogen-bond acceptors (Lipinski definition) is 3. The van der Waals surface area contributed by atoms with Crippen LogP contribution in [0.3, 0.4) is 0 Å². The van der Waals surface area contributed by atoms with Gasteiger partial charge in [-0.15, -0.1) is 0 Å². The van der Waals surface area contributed by atoms with E-state index in [0.717, 1.165) is 31.6 Å². The Morgan fingerprint density at radius 2 is 2.41 bits per heavy atom. The van der Waals surface area contributed by atoms with E-state index in [1.165, 1.54) is 0 Å². The minimum Gasteiger partial charge on any atom is -0.456 e. The van der Waals surface area contributed by atoms with Crippen LogP contribution in [0.2, 0.25) is 0 Å². The van der Waals surface area contributed by atoms with Crippen molar-refractivity contribution in [2.75, 3.05) is 6.54 Å². The van der Waals surface area contributed by atoms with Gasteiger partial charge in [-0.25, -0.2) is 0 Å². The first kappa shape index (κ1) is 12.2. The highest BCUT2D eigenvalue weighted by atomic mass is 16.3. The Morgan fingerprint density at radius 3 is 3.06 bits per heavy atom. The average Bonchev–Trinajstić information content (AvgIpc) is 2.81. The van der Waals surface area contributed by atoms with Gasteiger partial charge in [-0.3, -0.25) is 4.79 Å². The second-order valence-corrected chi connectivity index (χ2v) is 4.58. The Bertz CT molecular complexity index is 387. The van der Waals surface area contributed by atoms with Gasteiger partial charge in [-0.05, 0) is 38.4 Å². The molecule has 1 aliphatic rings. The summed E-state index contributed by atoms with van der Waals surface area (Å²) in [6, 6.07) is 4.13. The van der Waals surface area contributed by atoms with E-state index in [4.69, 9.17) is 4.42 Å². The van der Waals surface area contributed by atoms with Crippen molar-refractivity contribution >= 4 is 5.91 Å². The van der Waals surface area contributed by atoms with Crippen molar-refractivity contribution in [3.05, 3.63) is 23.7 Å². The number of aryl methyl sites for hydroxylation is 1. The Hall–Kier alpha value is -1.29. The van der Waals surface area contributed by atoms with Crippen LogP contribution in [0.25, 0.3) is 0 Å². The molecule has 1 aromatic rings. The fourth-order valence-corrected chi connectivity index (χ4v) is 2.17. The molecule has 1 amide bonds. The summed E-state index contributed by atoms with van der Waals surface area (Å²) >= 11 is 0. The number of piperidine rings is 1. The number of nitrogens with one attached hydrogen (secondary N) is 2. The SMILES string of the molecule is CCc1ccc(C(=O)NC2CCCNC2C)o1. The van der Waals surface area contributed by atoms with E-state index in [-0.39, 0.29) is 11.9 Å². The number of carbonyl (C=O) groups excluding carboxylic acids is 1. The van der Waals surface area contributed by atoms with Crippen molar-refractivity contribution < 1.29 is 9.21 Å². The van der Waals surface area contributed by atoms with Gasteiger partial charge in [0.05, 0.1) is 0 Å². The summed E-state index contributed by atoms with van der Waals surface area (Å²) in [6.07, 6.45) is 2.95. The molecular weight excluding hydrogens is 216 g/mol. The maximum atomic E-state index is 12.0. The fraction of sp³-hybridized carbons (Fsp3) is 0.615. The van der Waals surface area contributed by atoms with Gasteiger partial charge in [-0.1, -0.05) is 6.92 Å². The first-order valence-corrected chi connectivity index (χ1v) is 6.33. The van der Waals surface area contributed by atoms with Crippen molar-refractivity contribution in [3.8, 4) is 0 Å². The third-order valence-electron chi connectivity index (χ3n) is 3.31. The molecule has 2 heterocycles. The summed E-state index contributed by atoms with van der Waals surface area (Å²) in [7, 11) is 0. The van der Waals surface area contributed by atoms with Crippen LogP contribution in [0.4, 0.5) is 0 Å². The molecule has 0 radical (unpaired) electrons. The monoisotopic (exact) mass is 236 g/mol. The minimum atomic E-state index is -0.106. The number of furan rings is 1. The van der Waals surface area contributed by atoms with Gasteiger partial charge in [-0.2, -0.15) is 0 Å². The molecule has 1 fully saturated rings. The van der Waals surface area contributed by atoms with Crippen LogP contribution in [0.5, 0.6) is 0 Å². The number of hydrogen-bond donors (Lipinski definition) is 2. The molecule has 0 aromatic carbocycles. The average molecular weight is 236 g/mol. The lowest BCUT2D eigenvalue weighted by Crippen LogP contribution is -2.51. The zero-order valence-electron chi connectivity index (χ0n) is 10.5. The summed E-state index contributed by atoms with van der Waals surface area (Å²) in [5.41, 5.74) is 0. The van der Waals surface area contributed by atoms with Gasteiger partial charge < -0.3 is 15.1 Å². The van der Waals surface area contributed by atoms with Crippen LogP contribution in [-0.4, -0.2) is 24.5 Å². The molecule has 2 unspecified atom stereocenters. The van der Waals surface area contributed by atoms with Crippen LogP contribution >= 0.6 is 0 Å². The summed E-state index contributed by atoms with van der Waals surface area (Å²) in [5, 5.41) is 6.39. The molecule has 2 rings (SSSR count). The van der Waals surface area contributed by atoms with Crippen molar-refractivity contribution in [1.29, 1.82) is 0 Å². The van der Waals surface area contributed by atoms with Crippen LogP contribution < -0.4 is 10.6 Å². The van der Waals surface area contributed by atoms with Gasteiger partial charge in [0.15, 0.2) is 5.76 Å². The van der Waals surface area contributed by atoms with Gasteiger partial charge in [0.1, 0.15) is 5.76 Å². The highest BCUT2D eigenvalue weighted by Crippen LogP contribution is 2.12. The molecule has 17 heavy (non-hydrogen) atoms. The predicted octanol–water partition coefficient (Wildman–Crippen LogP) is 1.71. The number of amides is 1. The lowest BCUT2D eigenvalue weighted by atomic mass is 10.00. The van der Waals surface area contributed by atoms with Crippen LogP contribution in [0.15, 0.2) is 16.5 Å². The topological polar surface area (TPSA) is 54.3 Å². The van der Waals surface area contributed by atoms with Crippen molar-refractivity contribution in [2.45, 2.75) is 45.2 Å². The Morgan fingerprint density at radius 1 is 1.59 bits per heavy atom. The zero-order chi connectivity index (χ0) is 12.3. The van der Waals surface area contributed by atoms with Gasteiger partial charge in [0, 0.05) is 18.5 Å². The number of carbonyl (C=O) groups is 1. The molecule has 94 valence electrons. The molecular formula is C13H20N2O2. The van der Waals surface area contributed by atoms with Crippen molar-refractivity contribution in [2.24, 2.45) is 0 Å². The quantitative estimate of drug-likeness (QED) is 0.840. The minimum absolute atomic E-state index is 0.106. The Labute approximate surface area is 102 Å². The molecule has 0 spiro atoms. The molecule has 4 heteroatoms. The van der Waals surface area contributed by atoms with E-state index >= 15 is 0 Å². The summed E-state index contributed by atoms with van der Waals surface area (Å²) in [6.45, 7) is 5.14. The molecule has 0 saturated carbocycles. The molecule has 4 nitrogen and oxygen atoms in total. The van der Waals surface area contributed by atoms with E-state index in [2.05, 4.69) is 17.6 Å². The Kier molecular flexibility index (Phi) is 3.84. The number of rotatable bonds is 3. The summed E-state index contributed by atoms with van der Waals surface area (Å²) < 4.78 is 5.44. The van der Waals surface area contributed by atoms with Gasteiger partial charge >= 0.3 is 0 Å². The van der Waals surface area contributed by atoms with E-state index in [9.17, 15) is 4.79 Å². The zero-order valence-corrected chi connectivity index (χ0v) is 10.5. The lowest BCUT2D eigenvalue weighted by Gasteiger charge is -2.30. The molecule has 1 aliphatic heterocycles. The Balaban J connectivity index is 1.96. The van der Waals surface area contributed by atoms with Crippen molar-refractivity contribution in [1.82, 2.24) is 10.6 Å².